The maximum absolute atomic E-state index is 12.6. The average Bonchev–Trinajstić information content (AvgIpc) is 2.64. The number of nitrogens with zero attached hydrogens (tertiary/aromatic N) is 2. The van der Waals surface area contributed by atoms with Gasteiger partial charge in [0.2, 0.25) is 0 Å². The molecule has 1 aliphatic heterocycles. The van der Waals surface area contributed by atoms with Crippen LogP contribution >= 0.6 is 0 Å². The minimum Gasteiger partial charge on any atom is -0.378 e. The van der Waals surface area contributed by atoms with Crippen molar-refractivity contribution in [2.24, 2.45) is 0 Å². The Labute approximate surface area is 146 Å². The van der Waals surface area contributed by atoms with E-state index in [-0.39, 0.29) is 11.7 Å². The summed E-state index contributed by atoms with van der Waals surface area (Å²) in [6, 6.07) is 9.39. The third-order valence-electron chi connectivity index (χ3n) is 4.49. The Balaban J connectivity index is 1.69. The number of hydrogen-bond acceptors (Lipinski definition) is 4. The molecule has 1 aromatic heterocycles. The highest BCUT2D eigenvalue weighted by Crippen LogP contribution is 2.27. The molecule has 25 heavy (non-hydrogen) atoms. The molecule has 3 rings (SSSR count). The molecule has 1 atom stereocenters. The normalized spacial score (nSPS) is 16.1. The van der Waals surface area contributed by atoms with Crippen LogP contribution in [0.1, 0.15) is 36.2 Å². The predicted octanol–water partition coefficient (Wildman–Crippen LogP) is 4.34. The van der Waals surface area contributed by atoms with E-state index >= 15 is 0 Å². The van der Waals surface area contributed by atoms with E-state index < -0.39 is 6.43 Å². The molecule has 0 radical (unpaired) electrons. The van der Waals surface area contributed by atoms with Crippen LogP contribution < -0.4 is 10.2 Å². The zero-order valence-corrected chi connectivity index (χ0v) is 14.5. The van der Waals surface area contributed by atoms with E-state index in [0.717, 1.165) is 43.1 Å². The van der Waals surface area contributed by atoms with Gasteiger partial charge in [0.25, 0.3) is 6.43 Å². The fourth-order valence-electron chi connectivity index (χ4n) is 2.95. The van der Waals surface area contributed by atoms with Gasteiger partial charge in [0.15, 0.2) is 0 Å². The van der Waals surface area contributed by atoms with Crippen LogP contribution in [0, 0.1) is 6.92 Å². The Bertz CT molecular complexity index is 700. The summed E-state index contributed by atoms with van der Waals surface area (Å²) < 4.78 is 30.6. The molecule has 2 heterocycles. The number of pyridine rings is 1. The Kier molecular flexibility index (Phi) is 5.48. The number of anilines is 2. The molecule has 6 heteroatoms. The SMILES string of the molecule is Cc1cc(N2CCOCC2)ccc1NC(C)c1ccc(C(F)F)nc1. The maximum Gasteiger partial charge on any atom is 0.280 e. The maximum atomic E-state index is 12.6. The van der Waals surface area contributed by atoms with Crippen molar-refractivity contribution < 1.29 is 13.5 Å². The van der Waals surface area contributed by atoms with Gasteiger partial charge in [0.1, 0.15) is 5.69 Å². The molecule has 1 N–H and O–H groups in total. The topological polar surface area (TPSA) is 37.4 Å². The van der Waals surface area contributed by atoms with Gasteiger partial charge in [-0.1, -0.05) is 6.07 Å². The summed E-state index contributed by atoms with van der Waals surface area (Å²) >= 11 is 0. The molecule has 0 bridgehead atoms. The van der Waals surface area contributed by atoms with Crippen molar-refractivity contribution in [3.63, 3.8) is 0 Å². The second-order valence-electron chi connectivity index (χ2n) is 6.28. The molecule has 0 spiro atoms. The summed E-state index contributed by atoms with van der Waals surface area (Å²) in [4.78, 5) is 6.15. The zero-order valence-electron chi connectivity index (χ0n) is 14.5. The van der Waals surface area contributed by atoms with E-state index in [1.807, 2.05) is 6.92 Å². The highest BCUT2D eigenvalue weighted by molar-refractivity contribution is 5.61. The first-order valence-electron chi connectivity index (χ1n) is 8.48. The van der Waals surface area contributed by atoms with Crippen LogP contribution in [0.2, 0.25) is 0 Å². The van der Waals surface area contributed by atoms with Gasteiger partial charge in [-0.25, -0.2) is 8.78 Å². The van der Waals surface area contributed by atoms with Crippen molar-refractivity contribution in [3.8, 4) is 0 Å². The monoisotopic (exact) mass is 347 g/mol. The van der Waals surface area contributed by atoms with Crippen LogP contribution in [0.5, 0.6) is 0 Å². The number of benzene rings is 1. The van der Waals surface area contributed by atoms with E-state index in [0.29, 0.717) is 0 Å². The number of ether oxygens (including phenoxy) is 1. The van der Waals surface area contributed by atoms with Gasteiger partial charge in [0, 0.05) is 30.7 Å². The molecule has 0 amide bonds. The van der Waals surface area contributed by atoms with Gasteiger partial charge in [-0.05, 0) is 49.2 Å². The first-order valence-corrected chi connectivity index (χ1v) is 8.48. The largest absolute Gasteiger partial charge is 0.378 e. The summed E-state index contributed by atoms with van der Waals surface area (Å²) in [7, 11) is 0. The molecule has 2 aromatic rings. The van der Waals surface area contributed by atoms with E-state index in [1.54, 1.807) is 6.07 Å². The minimum absolute atomic E-state index is 0.0211. The van der Waals surface area contributed by atoms with E-state index in [4.69, 9.17) is 4.74 Å². The Morgan fingerprint density at radius 1 is 1.16 bits per heavy atom. The number of aromatic nitrogens is 1. The van der Waals surface area contributed by atoms with Gasteiger partial charge in [-0.15, -0.1) is 0 Å². The second-order valence-corrected chi connectivity index (χ2v) is 6.28. The summed E-state index contributed by atoms with van der Waals surface area (Å²) in [6.07, 6.45) is -1.02. The lowest BCUT2D eigenvalue weighted by molar-refractivity contribution is 0.122. The zero-order chi connectivity index (χ0) is 17.8. The summed E-state index contributed by atoms with van der Waals surface area (Å²) in [5.41, 5.74) is 4.06. The van der Waals surface area contributed by atoms with Crippen molar-refractivity contribution in [1.82, 2.24) is 4.98 Å². The number of morpholine rings is 1. The molecule has 1 fully saturated rings. The van der Waals surface area contributed by atoms with Gasteiger partial charge in [0.05, 0.1) is 19.3 Å². The number of rotatable bonds is 5. The summed E-state index contributed by atoms with van der Waals surface area (Å²) in [5, 5.41) is 3.43. The molecule has 0 aliphatic carbocycles. The van der Waals surface area contributed by atoms with Crippen molar-refractivity contribution in [2.45, 2.75) is 26.3 Å². The molecule has 1 aliphatic rings. The third-order valence-corrected chi connectivity index (χ3v) is 4.49. The van der Waals surface area contributed by atoms with E-state index in [1.165, 1.54) is 18.0 Å². The predicted molar refractivity (Wildman–Crippen MR) is 95.4 cm³/mol. The Morgan fingerprint density at radius 2 is 1.92 bits per heavy atom. The average molecular weight is 347 g/mol. The fraction of sp³-hybridized carbons (Fsp3) is 0.421. The first-order chi connectivity index (χ1) is 12.0. The molecule has 4 nitrogen and oxygen atoms in total. The van der Waals surface area contributed by atoms with E-state index in [2.05, 4.69) is 40.3 Å². The van der Waals surface area contributed by atoms with Crippen molar-refractivity contribution in [1.29, 1.82) is 0 Å². The van der Waals surface area contributed by atoms with Gasteiger partial charge >= 0.3 is 0 Å². The molecular formula is C19H23F2N3O. The smallest absolute Gasteiger partial charge is 0.280 e. The Morgan fingerprint density at radius 3 is 2.52 bits per heavy atom. The molecule has 1 unspecified atom stereocenters. The van der Waals surface area contributed by atoms with Crippen molar-refractivity contribution in [3.05, 3.63) is 53.3 Å². The lowest BCUT2D eigenvalue weighted by Crippen LogP contribution is -2.36. The first kappa shape index (κ1) is 17.6. The lowest BCUT2D eigenvalue weighted by Gasteiger charge is -2.29. The summed E-state index contributed by atoms with van der Waals surface area (Å²) in [5.74, 6) is 0. The highest BCUT2D eigenvalue weighted by Gasteiger charge is 2.14. The summed E-state index contributed by atoms with van der Waals surface area (Å²) in [6.45, 7) is 7.40. The van der Waals surface area contributed by atoms with Crippen molar-refractivity contribution in [2.75, 3.05) is 36.5 Å². The van der Waals surface area contributed by atoms with Crippen LogP contribution in [-0.4, -0.2) is 31.3 Å². The standard InChI is InChI=1S/C19H23F2N3O/c1-13-11-16(24-7-9-25-10-8-24)4-6-17(13)23-14(2)15-3-5-18(19(20)21)22-12-15/h3-6,11-12,14,19,23H,7-10H2,1-2H3. The fourth-order valence-corrected chi connectivity index (χ4v) is 2.95. The van der Waals surface area contributed by atoms with Crippen LogP contribution in [0.15, 0.2) is 36.5 Å². The van der Waals surface area contributed by atoms with Gasteiger partial charge in [-0.2, -0.15) is 0 Å². The van der Waals surface area contributed by atoms with Crippen LogP contribution in [0.4, 0.5) is 20.2 Å². The Hall–Kier alpha value is -2.21. The number of nitrogens with one attached hydrogen (secondary N) is 1. The van der Waals surface area contributed by atoms with E-state index in [9.17, 15) is 8.78 Å². The van der Waals surface area contributed by atoms with Crippen LogP contribution in [-0.2, 0) is 4.74 Å². The highest BCUT2D eigenvalue weighted by atomic mass is 19.3. The quantitative estimate of drug-likeness (QED) is 0.873. The number of aryl methyl sites for hydroxylation is 1. The molecular weight excluding hydrogens is 324 g/mol. The van der Waals surface area contributed by atoms with Crippen LogP contribution in [0.3, 0.4) is 0 Å². The molecule has 1 saturated heterocycles. The number of alkyl halides is 2. The number of hydrogen-bond donors (Lipinski definition) is 1. The molecule has 0 saturated carbocycles. The van der Waals surface area contributed by atoms with Crippen molar-refractivity contribution >= 4 is 11.4 Å². The number of halogens is 2. The van der Waals surface area contributed by atoms with Crippen LogP contribution in [0.25, 0.3) is 0 Å². The second kappa shape index (κ2) is 7.78. The third kappa shape index (κ3) is 4.25. The van der Waals surface area contributed by atoms with Gasteiger partial charge in [-0.3, -0.25) is 4.98 Å². The molecule has 134 valence electrons. The van der Waals surface area contributed by atoms with Gasteiger partial charge < -0.3 is 15.0 Å². The molecule has 1 aromatic carbocycles. The lowest BCUT2D eigenvalue weighted by atomic mass is 10.1. The minimum atomic E-state index is -2.53.